The number of halogens is 2. The second-order valence-corrected chi connectivity index (χ2v) is 7.10. The van der Waals surface area contributed by atoms with Crippen molar-refractivity contribution in [1.82, 2.24) is 14.7 Å². The molecule has 1 aromatic rings. The highest BCUT2D eigenvalue weighted by Crippen LogP contribution is 2.39. The second kappa shape index (κ2) is 7.06. The molecule has 2 aliphatic rings. The van der Waals surface area contributed by atoms with Gasteiger partial charge in [0, 0.05) is 37.8 Å². The zero-order valence-electron chi connectivity index (χ0n) is 13.4. The van der Waals surface area contributed by atoms with Crippen molar-refractivity contribution in [2.24, 2.45) is 0 Å². The number of hydrogen-bond donors (Lipinski definition) is 0. The number of likely N-dealkylation sites (N-methyl/N-ethyl adjacent to an activating group) is 1. The maximum atomic E-state index is 14.0. The lowest BCUT2D eigenvalue weighted by Gasteiger charge is -2.34. The van der Waals surface area contributed by atoms with E-state index in [1.165, 1.54) is 28.8 Å². The van der Waals surface area contributed by atoms with Gasteiger partial charge in [-0.25, -0.2) is 8.78 Å². The molecule has 8 heteroatoms. The van der Waals surface area contributed by atoms with Crippen molar-refractivity contribution >= 4 is 23.6 Å². The summed E-state index contributed by atoms with van der Waals surface area (Å²) >= 11 is 1.26. The maximum absolute atomic E-state index is 14.0. The van der Waals surface area contributed by atoms with Crippen LogP contribution in [0.3, 0.4) is 0 Å². The lowest BCUT2D eigenvalue weighted by Crippen LogP contribution is -2.50. The van der Waals surface area contributed by atoms with Crippen molar-refractivity contribution in [3.05, 3.63) is 35.4 Å². The van der Waals surface area contributed by atoms with E-state index in [1.807, 2.05) is 7.05 Å². The molecule has 2 aliphatic heterocycles. The summed E-state index contributed by atoms with van der Waals surface area (Å²) in [4.78, 5) is 29.9. The molecule has 0 spiro atoms. The van der Waals surface area contributed by atoms with Crippen LogP contribution in [0, 0.1) is 11.6 Å². The van der Waals surface area contributed by atoms with Gasteiger partial charge in [0.2, 0.25) is 11.8 Å². The number of carbonyl (C=O) groups excluding carboxylic acids is 2. The monoisotopic (exact) mass is 355 g/mol. The lowest BCUT2D eigenvalue weighted by molar-refractivity contribution is -0.140. The fourth-order valence-corrected chi connectivity index (χ4v) is 4.10. The first-order valence-corrected chi connectivity index (χ1v) is 8.83. The van der Waals surface area contributed by atoms with Crippen LogP contribution >= 0.6 is 11.8 Å². The Morgan fingerprint density at radius 3 is 2.62 bits per heavy atom. The zero-order chi connectivity index (χ0) is 17.3. The standard InChI is InChI=1S/C16H19F2N3O2S/c1-19-4-6-20(7-5-19)14(22)9-21-15(23)10-24-16(21)12-3-2-11(17)8-13(12)18/h2-3,8,16H,4-7,9-10H2,1H3/t16-/m0/s1. The first-order valence-electron chi connectivity index (χ1n) is 7.78. The van der Waals surface area contributed by atoms with E-state index >= 15 is 0 Å². The molecule has 1 aromatic carbocycles. The van der Waals surface area contributed by atoms with Gasteiger partial charge in [-0.05, 0) is 13.1 Å². The smallest absolute Gasteiger partial charge is 0.242 e. The molecule has 2 saturated heterocycles. The summed E-state index contributed by atoms with van der Waals surface area (Å²) < 4.78 is 27.1. The minimum atomic E-state index is -0.695. The van der Waals surface area contributed by atoms with Gasteiger partial charge in [-0.3, -0.25) is 9.59 Å². The number of carbonyl (C=O) groups is 2. The summed E-state index contributed by atoms with van der Waals surface area (Å²) in [6.45, 7) is 2.77. The molecule has 0 N–H and O–H groups in total. The number of rotatable bonds is 3. The van der Waals surface area contributed by atoms with E-state index < -0.39 is 17.0 Å². The lowest BCUT2D eigenvalue weighted by atomic mass is 10.2. The normalized spacial score (nSPS) is 22.3. The van der Waals surface area contributed by atoms with Crippen LogP contribution in [0.1, 0.15) is 10.9 Å². The van der Waals surface area contributed by atoms with Crippen molar-refractivity contribution < 1.29 is 18.4 Å². The van der Waals surface area contributed by atoms with E-state index in [0.717, 1.165) is 19.2 Å². The predicted octanol–water partition coefficient (Wildman–Crippen LogP) is 1.31. The number of amides is 2. The van der Waals surface area contributed by atoms with Gasteiger partial charge in [0.05, 0.1) is 5.75 Å². The molecule has 0 aromatic heterocycles. The molecule has 0 radical (unpaired) electrons. The molecule has 5 nitrogen and oxygen atoms in total. The van der Waals surface area contributed by atoms with E-state index in [4.69, 9.17) is 0 Å². The average Bonchev–Trinajstić information content (AvgIpc) is 2.89. The number of thioether (sulfide) groups is 1. The van der Waals surface area contributed by atoms with E-state index in [1.54, 1.807) is 4.90 Å². The van der Waals surface area contributed by atoms with Gasteiger partial charge in [0.1, 0.15) is 23.6 Å². The van der Waals surface area contributed by atoms with Crippen molar-refractivity contribution in [1.29, 1.82) is 0 Å². The van der Waals surface area contributed by atoms with Gasteiger partial charge in [0.15, 0.2) is 0 Å². The van der Waals surface area contributed by atoms with Crippen LogP contribution < -0.4 is 0 Å². The Bertz CT molecular complexity index is 650. The molecule has 130 valence electrons. The van der Waals surface area contributed by atoms with Crippen molar-refractivity contribution in [2.45, 2.75) is 5.37 Å². The molecule has 0 saturated carbocycles. The number of nitrogens with zero attached hydrogens (tertiary/aromatic N) is 3. The molecule has 0 bridgehead atoms. The molecule has 2 fully saturated rings. The summed E-state index contributed by atoms with van der Waals surface area (Å²) in [5.41, 5.74) is 0.235. The van der Waals surface area contributed by atoms with Crippen LogP contribution in [0.4, 0.5) is 8.78 Å². The predicted molar refractivity (Wildman–Crippen MR) is 87.3 cm³/mol. The molecular formula is C16H19F2N3O2S. The first kappa shape index (κ1) is 17.2. The topological polar surface area (TPSA) is 43.9 Å². The van der Waals surface area contributed by atoms with E-state index in [0.29, 0.717) is 13.1 Å². The highest BCUT2D eigenvalue weighted by atomic mass is 32.2. The Labute approximate surface area is 143 Å². The minimum Gasteiger partial charge on any atom is -0.339 e. The maximum Gasteiger partial charge on any atom is 0.242 e. The van der Waals surface area contributed by atoms with Gasteiger partial charge >= 0.3 is 0 Å². The Hall–Kier alpha value is -1.67. The summed E-state index contributed by atoms with van der Waals surface area (Å²) in [6, 6.07) is 3.32. The van der Waals surface area contributed by atoms with Gasteiger partial charge in [-0.2, -0.15) is 0 Å². The van der Waals surface area contributed by atoms with Crippen LogP contribution in [0.15, 0.2) is 18.2 Å². The molecule has 2 heterocycles. The zero-order valence-corrected chi connectivity index (χ0v) is 14.2. The highest BCUT2D eigenvalue weighted by Gasteiger charge is 2.36. The second-order valence-electron chi connectivity index (χ2n) is 6.03. The summed E-state index contributed by atoms with van der Waals surface area (Å²) in [5.74, 6) is -1.50. The third kappa shape index (κ3) is 3.54. The van der Waals surface area contributed by atoms with Crippen LogP contribution in [0.5, 0.6) is 0 Å². The van der Waals surface area contributed by atoms with Crippen LogP contribution in [0.2, 0.25) is 0 Å². The molecule has 24 heavy (non-hydrogen) atoms. The summed E-state index contributed by atoms with van der Waals surface area (Å²) in [6.07, 6.45) is 0. The molecule has 3 rings (SSSR count). The fourth-order valence-electron chi connectivity index (χ4n) is 2.89. The Kier molecular flexibility index (Phi) is 5.05. The largest absolute Gasteiger partial charge is 0.339 e. The van der Waals surface area contributed by atoms with E-state index in [-0.39, 0.29) is 29.7 Å². The quantitative estimate of drug-likeness (QED) is 0.820. The van der Waals surface area contributed by atoms with E-state index in [9.17, 15) is 18.4 Å². The molecule has 1 atom stereocenters. The number of hydrogen-bond acceptors (Lipinski definition) is 4. The van der Waals surface area contributed by atoms with Crippen molar-refractivity contribution in [3.63, 3.8) is 0 Å². The van der Waals surface area contributed by atoms with Gasteiger partial charge in [0.25, 0.3) is 0 Å². The molecular weight excluding hydrogens is 336 g/mol. The SMILES string of the molecule is CN1CCN(C(=O)CN2C(=O)CS[C@H]2c2ccc(F)cc2F)CC1. The summed E-state index contributed by atoms with van der Waals surface area (Å²) in [5, 5.41) is -0.588. The first-order chi connectivity index (χ1) is 11.5. The highest BCUT2D eigenvalue weighted by molar-refractivity contribution is 8.00. The minimum absolute atomic E-state index is 0.0724. The van der Waals surface area contributed by atoms with Crippen LogP contribution in [0.25, 0.3) is 0 Å². The Morgan fingerprint density at radius 2 is 1.96 bits per heavy atom. The third-order valence-corrected chi connectivity index (χ3v) is 5.60. The Balaban J connectivity index is 1.72. The number of piperazine rings is 1. The summed E-state index contributed by atoms with van der Waals surface area (Å²) in [7, 11) is 2.00. The fraction of sp³-hybridized carbons (Fsp3) is 0.500. The van der Waals surface area contributed by atoms with Crippen molar-refractivity contribution in [3.8, 4) is 0 Å². The Morgan fingerprint density at radius 1 is 1.25 bits per heavy atom. The molecule has 2 amide bonds. The molecule has 0 unspecified atom stereocenters. The molecule has 0 aliphatic carbocycles. The van der Waals surface area contributed by atoms with Crippen molar-refractivity contribution in [2.75, 3.05) is 45.5 Å². The van der Waals surface area contributed by atoms with Crippen LogP contribution in [-0.2, 0) is 9.59 Å². The number of benzene rings is 1. The van der Waals surface area contributed by atoms with Gasteiger partial charge in [-0.1, -0.05) is 6.07 Å². The van der Waals surface area contributed by atoms with Gasteiger partial charge in [-0.15, -0.1) is 11.8 Å². The third-order valence-electron chi connectivity index (χ3n) is 4.36. The van der Waals surface area contributed by atoms with Crippen LogP contribution in [-0.4, -0.2) is 72.0 Å². The van der Waals surface area contributed by atoms with E-state index in [2.05, 4.69) is 4.90 Å². The average molecular weight is 355 g/mol. The van der Waals surface area contributed by atoms with Gasteiger partial charge < -0.3 is 14.7 Å².